The van der Waals surface area contributed by atoms with E-state index in [1.54, 1.807) is 12.4 Å². The van der Waals surface area contributed by atoms with Crippen LogP contribution in [0.5, 0.6) is 11.5 Å². The molecule has 3 rings (SSSR count). The van der Waals surface area contributed by atoms with Crippen molar-refractivity contribution in [2.75, 3.05) is 66.1 Å². The van der Waals surface area contributed by atoms with Gasteiger partial charge in [-0.25, -0.2) is 0 Å². The molecule has 2 aromatic rings. The van der Waals surface area contributed by atoms with Gasteiger partial charge in [0, 0.05) is 12.4 Å². The van der Waals surface area contributed by atoms with Crippen molar-refractivity contribution in [1.82, 2.24) is 9.97 Å². The summed E-state index contributed by atoms with van der Waals surface area (Å²) in [4.78, 5) is 8.88. The van der Waals surface area contributed by atoms with Gasteiger partial charge < -0.3 is 28.4 Å². The molecule has 0 amide bonds. The summed E-state index contributed by atoms with van der Waals surface area (Å²) < 4.78 is 33.7. The molecule has 152 valence electrons. The minimum atomic E-state index is 0.401. The lowest BCUT2D eigenvalue weighted by Crippen LogP contribution is -2.15. The van der Waals surface area contributed by atoms with E-state index in [0.717, 1.165) is 0 Å². The first-order valence-electron chi connectivity index (χ1n) is 9.42. The SMILES string of the molecule is c1cnc2c(c1)OCCOCCOCCOCCOCCOc1cccnc1-2. The normalized spacial score (nSPS) is 18.0. The van der Waals surface area contributed by atoms with Gasteiger partial charge in [0.25, 0.3) is 0 Å². The Balaban J connectivity index is 1.68. The fraction of sp³-hybridized carbons (Fsp3) is 0.500. The van der Waals surface area contributed by atoms with Crippen LogP contribution in [0.1, 0.15) is 0 Å². The average molecular weight is 390 g/mol. The van der Waals surface area contributed by atoms with Crippen molar-refractivity contribution in [3.63, 3.8) is 0 Å². The van der Waals surface area contributed by atoms with Gasteiger partial charge in [-0.2, -0.15) is 0 Å². The Morgan fingerprint density at radius 1 is 0.500 bits per heavy atom. The fourth-order valence-electron chi connectivity index (χ4n) is 2.55. The Bertz CT molecular complexity index is 640. The first kappa shape index (κ1) is 20.5. The summed E-state index contributed by atoms with van der Waals surface area (Å²) in [5.41, 5.74) is 1.26. The van der Waals surface area contributed by atoms with E-state index in [4.69, 9.17) is 28.4 Å². The van der Waals surface area contributed by atoms with Gasteiger partial charge in [0.1, 0.15) is 36.1 Å². The molecule has 0 N–H and O–H groups in total. The molecule has 0 aliphatic carbocycles. The van der Waals surface area contributed by atoms with Gasteiger partial charge in [0.05, 0.1) is 52.9 Å². The maximum atomic E-state index is 5.86. The van der Waals surface area contributed by atoms with Crippen LogP contribution in [0.25, 0.3) is 11.4 Å². The van der Waals surface area contributed by atoms with Crippen molar-refractivity contribution >= 4 is 0 Å². The van der Waals surface area contributed by atoms with E-state index in [1.807, 2.05) is 24.3 Å². The molecule has 0 atom stereocenters. The van der Waals surface area contributed by atoms with Crippen LogP contribution in [0, 0.1) is 0 Å². The zero-order chi connectivity index (χ0) is 19.3. The molecule has 0 spiro atoms. The Morgan fingerprint density at radius 2 is 0.857 bits per heavy atom. The molecule has 0 unspecified atom stereocenters. The standard InChI is InChI=1S/C20H26N2O6/c1-3-17-19(21-5-1)20-18(4-2-6-22-20)28-16-14-26-12-10-24-8-7-23-9-11-25-13-15-27-17/h1-6H,7-16H2. The second-order valence-corrected chi connectivity index (χ2v) is 5.85. The van der Waals surface area contributed by atoms with Gasteiger partial charge in [-0.3, -0.25) is 9.97 Å². The predicted molar refractivity (Wildman–Crippen MR) is 102 cm³/mol. The zero-order valence-electron chi connectivity index (χ0n) is 15.9. The molecule has 0 fully saturated rings. The van der Waals surface area contributed by atoms with Crippen LogP contribution in [-0.4, -0.2) is 76.0 Å². The number of pyridine rings is 2. The third kappa shape index (κ3) is 6.72. The van der Waals surface area contributed by atoms with Crippen LogP contribution in [0.2, 0.25) is 0 Å². The number of nitrogens with zero attached hydrogens (tertiary/aromatic N) is 2. The molecule has 0 saturated carbocycles. The lowest BCUT2D eigenvalue weighted by molar-refractivity contribution is -0.00707. The third-order valence-electron chi connectivity index (χ3n) is 3.85. The van der Waals surface area contributed by atoms with Crippen molar-refractivity contribution < 1.29 is 28.4 Å². The van der Waals surface area contributed by atoms with Crippen LogP contribution in [0.15, 0.2) is 36.7 Å². The summed E-state index contributed by atoms with van der Waals surface area (Å²) in [5.74, 6) is 1.27. The van der Waals surface area contributed by atoms with Crippen molar-refractivity contribution in [1.29, 1.82) is 0 Å². The second-order valence-electron chi connectivity index (χ2n) is 5.85. The lowest BCUT2D eigenvalue weighted by atomic mass is 10.2. The van der Waals surface area contributed by atoms with E-state index in [9.17, 15) is 0 Å². The van der Waals surface area contributed by atoms with Crippen LogP contribution < -0.4 is 9.47 Å². The maximum absolute atomic E-state index is 5.86. The molecule has 28 heavy (non-hydrogen) atoms. The van der Waals surface area contributed by atoms with E-state index in [0.29, 0.717) is 89.0 Å². The monoisotopic (exact) mass is 390 g/mol. The van der Waals surface area contributed by atoms with Gasteiger partial charge >= 0.3 is 0 Å². The fourth-order valence-corrected chi connectivity index (χ4v) is 2.55. The molecule has 0 saturated heterocycles. The number of aromatic nitrogens is 2. The zero-order valence-corrected chi connectivity index (χ0v) is 15.9. The second kappa shape index (κ2) is 12.2. The first-order valence-corrected chi connectivity index (χ1v) is 9.42. The third-order valence-corrected chi connectivity index (χ3v) is 3.85. The van der Waals surface area contributed by atoms with Crippen LogP contribution >= 0.6 is 0 Å². The summed E-state index contributed by atoms with van der Waals surface area (Å²) in [6.45, 7) is 4.83. The average Bonchev–Trinajstić information content (AvgIpc) is 2.73. The molecule has 1 aliphatic heterocycles. The highest BCUT2D eigenvalue weighted by atomic mass is 16.6. The van der Waals surface area contributed by atoms with E-state index < -0.39 is 0 Å². The van der Waals surface area contributed by atoms with Crippen LogP contribution in [-0.2, 0) is 18.9 Å². The van der Waals surface area contributed by atoms with Crippen molar-refractivity contribution in [2.24, 2.45) is 0 Å². The van der Waals surface area contributed by atoms with Crippen LogP contribution in [0.4, 0.5) is 0 Å². The molecule has 1 aliphatic rings. The largest absolute Gasteiger partial charge is 0.489 e. The number of ether oxygens (including phenoxy) is 6. The van der Waals surface area contributed by atoms with Crippen LogP contribution in [0.3, 0.4) is 0 Å². The molecular formula is C20H26N2O6. The Morgan fingerprint density at radius 3 is 1.25 bits per heavy atom. The molecule has 8 nitrogen and oxygen atoms in total. The Labute approximate surface area is 164 Å². The highest BCUT2D eigenvalue weighted by molar-refractivity contribution is 5.68. The van der Waals surface area contributed by atoms with Gasteiger partial charge in [-0.15, -0.1) is 0 Å². The van der Waals surface area contributed by atoms with E-state index in [-0.39, 0.29) is 0 Å². The molecule has 0 radical (unpaired) electrons. The molecule has 8 heteroatoms. The molecule has 0 aromatic carbocycles. The highest BCUT2D eigenvalue weighted by Crippen LogP contribution is 2.32. The topological polar surface area (TPSA) is 81.2 Å². The molecular weight excluding hydrogens is 364 g/mol. The maximum Gasteiger partial charge on any atom is 0.147 e. The van der Waals surface area contributed by atoms with Gasteiger partial charge in [-0.1, -0.05) is 0 Å². The number of rotatable bonds is 0. The van der Waals surface area contributed by atoms with Crippen molar-refractivity contribution in [2.45, 2.75) is 0 Å². The highest BCUT2D eigenvalue weighted by Gasteiger charge is 2.14. The number of hydrogen-bond donors (Lipinski definition) is 0. The Hall–Kier alpha value is -2.26. The van der Waals surface area contributed by atoms with Crippen molar-refractivity contribution in [3.8, 4) is 22.9 Å². The minimum Gasteiger partial charge on any atom is -0.489 e. The smallest absolute Gasteiger partial charge is 0.147 e. The lowest BCUT2D eigenvalue weighted by Gasteiger charge is -2.14. The number of hydrogen-bond acceptors (Lipinski definition) is 8. The molecule has 0 bridgehead atoms. The van der Waals surface area contributed by atoms with Gasteiger partial charge in [0.2, 0.25) is 0 Å². The summed E-state index contributed by atoms with van der Waals surface area (Å²) in [6.07, 6.45) is 3.41. The van der Waals surface area contributed by atoms with E-state index in [1.165, 1.54) is 0 Å². The minimum absolute atomic E-state index is 0.401. The first-order chi connectivity index (χ1) is 13.9. The molecule has 3 heterocycles. The van der Waals surface area contributed by atoms with Gasteiger partial charge in [0.15, 0.2) is 0 Å². The summed E-state index contributed by atoms with van der Waals surface area (Å²) in [7, 11) is 0. The van der Waals surface area contributed by atoms with Crippen molar-refractivity contribution in [3.05, 3.63) is 36.7 Å². The predicted octanol–water partition coefficient (Wildman–Crippen LogP) is 1.98. The summed E-state index contributed by atoms with van der Waals surface area (Å²) in [5, 5.41) is 0. The van der Waals surface area contributed by atoms with E-state index >= 15 is 0 Å². The van der Waals surface area contributed by atoms with E-state index in [2.05, 4.69) is 9.97 Å². The quantitative estimate of drug-likeness (QED) is 0.676. The summed E-state index contributed by atoms with van der Waals surface area (Å²) in [6, 6.07) is 7.37. The van der Waals surface area contributed by atoms with Gasteiger partial charge in [-0.05, 0) is 24.3 Å². The molecule has 2 aromatic heterocycles. The summed E-state index contributed by atoms with van der Waals surface area (Å²) >= 11 is 0. The number of fused-ring (bicyclic) bond motifs is 3. The Kier molecular flexibility index (Phi) is 8.96.